The Labute approximate surface area is 147 Å². The Kier molecular flexibility index (Phi) is 5.60. The molecule has 0 atom stereocenters. The molecule has 134 valence electrons. The molecule has 0 saturated carbocycles. The fraction of sp³-hybridized carbons (Fsp3) is 0.529. The normalized spacial score (nSPS) is 15.8. The van der Waals surface area contributed by atoms with E-state index in [0.717, 1.165) is 44.7 Å². The number of amides is 1. The van der Waals surface area contributed by atoms with Gasteiger partial charge < -0.3 is 9.64 Å². The third-order valence-electron chi connectivity index (χ3n) is 4.35. The Hall–Kier alpha value is -2.48. The first-order valence-electron chi connectivity index (χ1n) is 8.58. The van der Waals surface area contributed by atoms with Gasteiger partial charge in [-0.2, -0.15) is 5.10 Å². The molecular formula is C17H24N6O2. The van der Waals surface area contributed by atoms with Crippen LogP contribution < -0.4 is 4.74 Å². The lowest BCUT2D eigenvalue weighted by molar-refractivity contribution is 0.0761. The first kappa shape index (κ1) is 17.3. The van der Waals surface area contributed by atoms with Crippen molar-refractivity contribution in [2.24, 2.45) is 0 Å². The minimum absolute atomic E-state index is 0.0642. The maximum Gasteiger partial charge on any atom is 0.316 e. The van der Waals surface area contributed by atoms with Gasteiger partial charge in [-0.3, -0.25) is 14.4 Å². The lowest BCUT2D eigenvalue weighted by Gasteiger charge is -2.21. The third-order valence-corrected chi connectivity index (χ3v) is 4.35. The van der Waals surface area contributed by atoms with E-state index in [4.69, 9.17) is 4.74 Å². The molecule has 8 heteroatoms. The molecule has 1 fully saturated rings. The summed E-state index contributed by atoms with van der Waals surface area (Å²) in [6, 6.07) is 0.379. The van der Waals surface area contributed by atoms with Crippen LogP contribution >= 0.6 is 0 Å². The van der Waals surface area contributed by atoms with Gasteiger partial charge in [-0.25, -0.2) is 9.97 Å². The smallest absolute Gasteiger partial charge is 0.316 e. The van der Waals surface area contributed by atoms with Gasteiger partial charge in [0, 0.05) is 63.4 Å². The summed E-state index contributed by atoms with van der Waals surface area (Å²) in [5, 5.41) is 4.19. The Morgan fingerprint density at radius 1 is 1.16 bits per heavy atom. The first-order valence-corrected chi connectivity index (χ1v) is 8.58. The molecule has 0 aromatic carbocycles. The number of hydrogen-bond donors (Lipinski definition) is 0. The number of rotatable bonds is 5. The van der Waals surface area contributed by atoms with Gasteiger partial charge in [0.05, 0.1) is 18.9 Å². The predicted molar refractivity (Wildman–Crippen MR) is 92.3 cm³/mol. The molecule has 1 saturated heterocycles. The van der Waals surface area contributed by atoms with E-state index in [1.165, 1.54) is 0 Å². The van der Waals surface area contributed by atoms with E-state index in [-0.39, 0.29) is 5.91 Å². The molecule has 0 radical (unpaired) electrons. The van der Waals surface area contributed by atoms with E-state index in [1.54, 1.807) is 30.4 Å². The van der Waals surface area contributed by atoms with Crippen LogP contribution in [0.1, 0.15) is 29.3 Å². The summed E-state index contributed by atoms with van der Waals surface area (Å²) < 4.78 is 6.76. The molecule has 2 aromatic rings. The van der Waals surface area contributed by atoms with Gasteiger partial charge in [-0.05, 0) is 13.3 Å². The van der Waals surface area contributed by atoms with Gasteiger partial charge in [-0.15, -0.1) is 0 Å². The fourth-order valence-corrected chi connectivity index (χ4v) is 2.95. The number of nitrogens with zero attached hydrogens (tertiary/aromatic N) is 6. The van der Waals surface area contributed by atoms with Crippen molar-refractivity contribution in [3.63, 3.8) is 0 Å². The average Bonchev–Trinajstić information content (AvgIpc) is 3.02. The van der Waals surface area contributed by atoms with Crippen LogP contribution in [-0.4, -0.2) is 68.7 Å². The van der Waals surface area contributed by atoms with Crippen molar-refractivity contribution in [3.8, 4) is 6.01 Å². The molecule has 0 N–H and O–H groups in total. The number of aromatic nitrogens is 4. The number of carbonyl (C=O) groups is 1. The molecule has 0 bridgehead atoms. The molecule has 25 heavy (non-hydrogen) atoms. The van der Waals surface area contributed by atoms with Crippen molar-refractivity contribution in [1.82, 2.24) is 29.5 Å². The summed E-state index contributed by atoms with van der Waals surface area (Å²) in [5.74, 6) is 0.0642. The van der Waals surface area contributed by atoms with Gasteiger partial charge in [0.1, 0.15) is 0 Å². The number of carbonyl (C=O) groups excluding carboxylic acids is 1. The van der Waals surface area contributed by atoms with Crippen LogP contribution in [0.15, 0.2) is 24.8 Å². The third kappa shape index (κ3) is 4.33. The standard InChI is InChI=1S/C17H24N6O2/c1-3-23-13-15(11-20-23)16(24)22-6-4-5-21(7-8-22)12-14-9-18-17(25-2)19-10-14/h9-11,13H,3-8,12H2,1-2H3. The Bertz CT molecular complexity index is 699. The summed E-state index contributed by atoms with van der Waals surface area (Å²) in [7, 11) is 1.56. The van der Waals surface area contributed by atoms with Gasteiger partial charge in [0.2, 0.25) is 0 Å². The summed E-state index contributed by atoms with van der Waals surface area (Å²) in [6.45, 7) is 6.82. The molecule has 0 aliphatic carbocycles. The largest absolute Gasteiger partial charge is 0.467 e. The number of ether oxygens (including phenoxy) is 1. The van der Waals surface area contributed by atoms with E-state index in [1.807, 2.05) is 18.0 Å². The summed E-state index contributed by atoms with van der Waals surface area (Å²) in [6.07, 6.45) is 8.01. The van der Waals surface area contributed by atoms with Crippen LogP contribution in [0.4, 0.5) is 0 Å². The van der Waals surface area contributed by atoms with Crippen LogP contribution in [-0.2, 0) is 13.1 Å². The highest BCUT2D eigenvalue weighted by Crippen LogP contribution is 2.12. The van der Waals surface area contributed by atoms with Crippen LogP contribution in [0.3, 0.4) is 0 Å². The molecule has 0 spiro atoms. The molecule has 3 heterocycles. The number of methoxy groups -OCH3 is 1. The summed E-state index contributed by atoms with van der Waals surface area (Å²) in [4.78, 5) is 25.2. The van der Waals surface area contributed by atoms with Gasteiger partial charge in [0.15, 0.2) is 0 Å². The molecule has 3 rings (SSSR count). The lowest BCUT2D eigenvalue weighted by atomic mass is 10.3. The lowest BCUT2D eigenvalue weighted by Crippen LogP contribution is -2.35. The SMILES string of the molecule is CCn1cc(C(=O)N2CCCN(Cc3cnc(OC)nc3)CC2)cn1. The highest BCUT2D eigenvalue weighted by molar-refractivity contribution is 5.93. The second-order valence-electron chi connectivity index (χ2n) is 6.08. The monoisotopic (exact) mass is 344 g/mol. The van der Waals surface area contributed by atoms with Crippen molar-refractivity contribution < 1.29 is 9.53 Å². The zero-order valence-electron chi connectivity index (χ0n) is 14.8. The maximum absolute atomic E-state index is 12.6. The number of aryl methyl sites for hydroxylation is 1. The van der Waals surface area contributed by atoms with Crippen molar-refractivity contribution in [1.29, 1.82) is 0 Å². The second-order valence-corrected chi connectivity index (χ2v) is 6.08. The van der Waals surface area contributed by atoms with Crippen molar-refractivity contribution >= 4 is 5.91 Å². The van der Waals surface area contributed by atoms with Gasteiger partial charge in [0.25, 0.3) is 5.91 Å². The van der Waals surface area contributed by atoms with Crippen LogP contribution in [0.25, 0.3) is 0 Å². The minimum atomic E-state index is 0.0642. The molecule has 8 nitrogen and oxygen atoms in total. The fourth-order valence-electron chi connectivity index (χ4n) is 2.95. The molecule has 1 aliphatic rings. The molecule has 2 aromatic heterocycles. The van der Waals surface area contributed by atoms with E-state index >= 15 is 0 Å². The second kappa shape index (κ2) is 8.06. The Balaban J connectivity index is 1.56. The minimum Gasteiger partial charge on any atom is -0.467 e. The molecular weight excluding hydrogens is 320 g/mol. The van der Waals surface area contributed by atoms with E-state index in [9.17, 15) is 4.79 Å². The van der Waals surface area contributed by atoms with Crippen LogP contribution in [0.5, 0.6) is 6.01 Å². The van der Waals surface area contributed by atoms with Crippen molar-refractivity contribution in [3.05, 3.63) is 35.9 Å². The summed E-state index contributed by atoms with van der Waals surface area (Å²) in [5.41, 5.74) is 1.71. The van der Waals surface area contributed by atoms with E-state index in [2.05, 4.69) is 20.0 Å². The summed E-state index contributed by atoms with van der Waals surface area (Å²) >= 11 is 0. The average molecular weight is 344 g/mol. The molecule has 1 amide bonds. The topological polar surface area (TPSA) is 76.4 Å². The van der Waals surface area contributed by atoms with E-state index < -0.39 is 0 Å². The van der Waals surface area contributed by atoms with Gasteiger partial charge in [-0.1, -0.05) is 0 Å². The highest BCUT2D eigenvalue weighted by Gasteiger charge is 2.21. The first-order chi connectivity index (χ1) is 12.2. The Morgan fingerprint density at radius 2 is 1.96 bits per heavy atom. The highest BCUT2D eigenvalue weighted by atomic mass is 16.5. The van der Waals surface area contributed by atoms with Crippen molar-refractivity contribution in [2.45, 2.75) is 26.4 Å². The Morgan fingerprint density at radius 3 is 2.64 bits per heavy atom. The zero-order chi connectivity index (χ0) is 17.6. The van der Waals surface area contributed by atoms with E-state index in [0.29, 0.717) is 18.1 Å². The zero-order valence-corrected chi connectivity index (χ0v) is 14.8. The maximum atomic E-state index is 12.6. The molecule has 1 aliphatic heterocycles. The van der Waals surface area contributed by atoms with Gasteiger partial charge >= 0.3 is 6.01 Å². The quantitative estimate of drug-likeness (QED) is 0.807. The van der Waals surface area contributed by atoms with Crippen LogP contribution in [0, 0.1) is 0 Å². The van der Waals surface area contributed by atoms with Crippen molar-refractivity contribution in [2.75, 3.05) is 33.3 Å². The number of hydrogen-bond acceptors (Lipinski definition) is 6. The molecule has 0 unspecified atom stereocenters. The predicted octanol–water partition coefficient (Wildman–Crippen LogP) is 1.05. The van der Waals surface area contributed by atoms with Crippen LogP contribution in [0.2, 0.25) is 0 Å².